The van der Waals surface area contributed by atoms with Crippen LogP contribution in [-0.2, 0) is 4.74 Å². The number of hydrogen-bond donors (Lipinski definition) is 0. The van der Waals surface area contributed by atoms with Crippen molar-refractivity contribution < 1.29 is 4.74 Å². The predicted octanol–water partition coefficient (Wildman–Crippen LogP) is 3.12. The molecule has 1 nitrogen and oxygen atoms in total. The Morgan fingerprint density at radius 2 is 2.17 bits per heavy atom. The highest BCUT2D eigenvalue weighted by Gasteiger charge is 2.38. The lowest BCUT2D eigenvalue weighted by Crippen LogP contribution is -2.34. The van der Waals surface area contributed by atoms with Crippen LogP contribution in [0.1, 0.15) is 38.5 Å². The number of hydrogen-bond acceptors (Lipinski definition) is 1. The molecule has 1 saturated heterocycles. The Balaban J connectivity index is 1.83. The summed E-state index contributed by atoms with van der Waals surface area (Å²) in [5.41, 5.74) is 0.620. The van der Waals surface area contributed by atoms with Gasteiger partial charge in [-0.15, -0.1) is 0 Å². The third-order valence-electron chi connectivity index (χ3n) is 3.38. The minimum atomic E-state index is 0.586. The summed E-state index contributed by atoms with van der Waals surface area (Å²) in [6.07, 6.45) is 8.73. The van der Waals surface area contributed by atoms with Gasteiger partial charge < -0.3 is 4.74 Å². The highest BCUT2D eigenvalue weighted by Crippen LogP contribution is 2.47. The maximum Gasteiger partial charge on any atom is 0.0581 e. The number of ether oxygens (including phenoxy) is 1. The molecule has 12 heavy (non-hydrogen) atoms. The molecule has 0 unspecified atom stereocenters. The number of halogens is 1. The minimum absolute atomic E-state index is 0.586. The first-order valence-corrected chi connectivity index (χ1v) is 6.14. The molecule has 1 aliphatic heterocycles. The Bertz CT molecular complexity index is 142. The summed E-state index contributed by atoms with van der Waals surface area (Å²) < 4.78 is 5.67. The molecule has 0 aromatic carbocycles. The average molecular weight is 233 g/mol. The van der Waals surface area contributed by atoms with Crippen molar-refractivity contribution in [3.8, 4) is 0 Å². The lowest BCUT2D eigenvalue weighted by molar-refractivity contribution is 0.0362. The van der Waals surface area contributed by atoms with Gasteiger partial charge in [0.2, 0.25) is 0 Å². The van der Waals surface area contributed by atoms with Gasteiger partial charge >= 0.3 is 0 Å². The lowest BCUT2D eigenvalue weighted by Gasteiger charge is -2.42. The van der Waals surface area contributed by atoms with E-state index in [1.807, 2.05) is 0 Å². The number of alkyl halides is 1. The maximum atomic E-state index is 5.67. The molecule has 0 aromatic heterocycles. The normalized spacial score (nSPS) is 33.2. The van der Waals surface area contributed by atoms with Gasteiger partial charge in [0.15, 0.2) is 0 Å². The Morgan fingerprint density at radius 3 is 2.58 bits per heavy atom. The Morgan fingerprint density at radius 1 is 1.33 bits per heavy atom. The van der Waals surface area contributed by atoms with Gasteiger partial charge in [0.25, 0.3) is 0 Å². The summed E-state index contributed by atoms with van der Waals surface area (Å²) in [5, 5.41) is 1.18. The van der Waals surface area contributed by atoms with Crippen LogP contribution in [0.15, 0.2) is 0 Å². The van der Waals surface area contributed by atoms with Crippen LogP contribution in [0.5, 0.6) is 0 Å². The minimum Gasteiger partial charge on any atom is -0.378 e. The second-order valence-electron chi connectivity index (χ2n) is 4.33. The molecule has 0 bridgehead atoms. The van der Waals surface area contributed by atoms with E-state index in [0.29, 0.717) is 11.5 Å². The van der Waals surface area contributed by atoms with Crippen molar-refractivity contribution >= 4 is 15.9 Å². The molecule has 0 spiro atoms. The number of rotatable bonds is 3. The smallest absolute Gasteiger partial charge is 0.0581 e. The van der Waals surface area contributed by atoms with E-state index < -0.39 is 0 Å². The second-order valence-corrected chi connectivity index (χ2v) is 4.89. The average Bonchev–Trinajstić information content (AvgIpc) is 2.49. The third-order valence-corrected chi connectivity index (χ3v) is 4.57. The SMILES string of the molecule is BrCC1(C[C@H]2CCCO2)CCC1. The zero-order valence-electron chi connectivity index (χ0n) is 7.52. The molecule has 2 fully saturated rings. The molecule has 1 atom stereocenters. The monoisotopic (exact) mass is 232 g/mol. The van der Waals surface area contributed by atoms with Gasteiger partial charge in [0, 0.05) is 11.9 Å². The summed E-state index contributed by atoms with van der Waals surface area (Å²) in [4.78, 5) is 0. The first-order chi connectivity index (χ1) is 5.85. The summed E-state index contributed by atoms with van der Waals surface area (Å²) in [6.45, 7) is 1.00. The molecule has 0 amide bonds. The van der Waals surface area contributed by atoms with Crippen LogP contribution >= 0.6 is 15.9 Å². The quantitative estimate of drug-likeness (QED) is 0.680. The van der Waals surface area contributed by atoms with Gasteiger partial charge in [0.1, 0.15) is 0 Å². The van der Waals surface area contributed by atoms with Crippen LogP contribution in [0, 0.1) is 5.41 Å². The summed E-state index contributed by atoms with van der Waals surface area (Å²) in [7, 11) is 0. The third kappa shape index (κ3) is 1.69. The van der Waals surface area contributed by atoms with Crippen LogP contribution in [0.2, 0.25) is 0 Å². The second kappa shape index (κ2) is 3.67. The standard InChI is InChI=1S/C10H17BrO/c11-8-10(4-2-5-10)7-9-3-1-6-12-9/h9H,1-8H2/t9-/m1/s1. The summed E-state index contributed by atoms with van der Waals surface area (Å²) >= 11 is 3.64. The first kappa shape index (κ1) is 9.01. The van der Waals surface area contributed by atoms with E-state index in [-0.39, 0.29) is 0 Å². The molecule has 1 aliphatic carbocycles. The van der Waals surface area contributed by atoms with Crippen molar-refractivity contribution in [3.63, 3.8) is 0 Å². The zero-order chi connectivity index (χ0) is 8.44. The van der Waals surface area contributed by atoms with Gasteiger partial charge in [-0.3, -0.25) is 0 Å². The maximum absolute atomic E-state index is 5.67. The van der Waals surface area contributed by atoms with Gasteiger partial charge in [-0.05, 0) is 37.5 Å². The zero-order valence-corrected chi connectivity index (χ0v) is 9.11. The molecule has 70 valence electrons. The highest BCUT2D eigenvalue weighted by atomic mass is 79.9. The van der Waals surface area contributed by atoms with Crippen molar-refractivity contribution in [1.82, 2.24) is 0 Å². The molecule has 2 aliphatic rings. The molecule has 1 saturated carbocycles. The van der Waals surface area contributed by atoms with Crippen molar-refractivity contribution in [2.75, 3.05) is 11.9 Å². The Labute approximate surface area is 83.0 Å². The molecule has 2 heteroatoms. The fourth-order valence-electron chi connectivity index (χ4n) is 2.36. The van der Waals surface area contributed by atoms with Crippen LogP contribution in [-0.4, -0.2) is 18.0 Å². The van der Waals surface area contributed by atoms with Gasteiger partial charge in [-0.1, -0.05) is 22.4 Å². The first-order valence-electron chi connectivity index (χ1n) is 5.02. The fourth-order valence-corrected chi connectivity index (χ4v) is 3.15. The van der Waals surface area contributed by atoms with Gasteiger partial charge in [-0.2, -0.15) is 0 Å². The van der Waals surface area contributed by atoms with Gasteiger partial charge in [0.05, 0.1) is 6.10 Å². The molecule has 0 radical (unpaired) electrons. The largest absolute Gasteiger partial charge is 0.378 e. The van der Waals surface area contributed by atoms with E-state index in [9.17, 15) is 0 Å². The van der Waals surface area contributed by atoms with Crippen molar-refractivity contribution in [2.45, 2.75) is 44.6 Å². The Kier molecular flexibility index (Phi) is 2.75. The van der Waals surface area contributed by atoms with Crippen molar-refractivity contribution in [2.24, 2.45) is 5.41 Å². The molecule has 0 aromatic rings. The van der Waals surface area contributed by atoms with Crippen molar-refractivity contribution in [3.05, 3.63) is 0 Å². The highest BCUT2D eigenvalue weighted by molar-refractivity contribution is 9.09. The van der Waals surface area contributed by atoms with Gasteiger partial charge in [-0.25, -0.2) is 0 Å². The van der Waals surface area contributed by atoms with Crippen LogP contribution < -0.4 is 0 Å². The summed E-state index contributed by atoms with van der Waals surface area (Å²) in [6, 6.07) is 0. The van der Waals surface area contributed by atoms with E-state index in [4.69, 9.17) is 4.74 Å². The van der Waals surface area contributed by atoms with Crippen molar-refractivity contribution in [1.29, 1.82) is 0 Å². The van der Waals surface area contributed by atoms with E-state index >= 15 is 0 Å². The fraction of sp³-hybridized carbons (Fsp3) is 1.00. The van der Waals surface area contributed by atoms with Crippen LogP contribution in [0.25, 0.3) is 0 Å². The molecule has 2 rings (SSSR count). The lowest BCUT2D eigenvalue weighted by atomic mass is 9.67. The molecule has 1 heterocycles. The molecular weight excluding hydrogens is 216 g/mol. The van der Waals surface area contributed by atoms with E-state index in [1.165, 1.54) is 43.9 Å². The van der Waals surface area contributed by atoms with Crippen LogP contribution in [0.4, 0.5) is 0 Å². The van der Waals surface area contributed by atoms with Crippen LogP contribution in [0.3, 0.4) is 0 Å². The molecular formula is C10H17BrO. The molecule has 0 N–H and O–H groups in total. The van der Waals surface area contributed by atoms with E-state index in [0.717, 1.165) is 6.61 Å². The topological polar surface area (TPSA) is 9.23 Å². The Hall–Kier alpha value is 0.440. The van der Waals surface area contributed by atoms with E-state index in [1.54, 1.807) is 0 Å². The predicted molar refractivity (Wildman–Crippen MR) is 53.7 cm³/mol. The van der Waals surface area contributed by atoms with E-state index in [2.05, 4.69) is 15.9 Å². The summed E-state index contributed by atoms with van der Waals surface area (Å²) in [5.74, 6) is 0.